The molecule has 17 heteroatoms. The fourth-order valence-electron chi connectivity index (χ4n) is 7.09. The third kappa shape index (κ3) is 30.1. The summed E-state index contributed by atoms with van der Waals surface area (Å²) in [5.41, 5.74) is 0. The minimum absolute atomic E-state index is 0. The molecule has 0 radical (unpaired) electrons. The van der Waals surface area contributed by atoms with Crippen molar-refractivity contribution < 1.29 is 77.3 Å². The number of carboxylic acids is 1. The average Bonchev–Trinajstić information content (AvgIpc) is 3.44. The quantitative estimate of drug-likeness (QED) is 0.0537. The van der Waals surface area contributed by atoms with Gasteiger partial charge in [0.1, 0.15) is 46.0 Å². The van der Waals surface area contributed by atoms with Crippen LogP contribution in [0.1, 0.15) is 166 Å². The lowest BCUT2D eigenvalue weighted by Crippen LogP contribution is -2.30. The van der Waals surface area contributed by atoms with Crippen LogP contribution in [-0.4, -0.2) is 57.1 Å². The number of hydrogen-bond acceptors (Lipinski definition) is 15. The highest BCUT2D eigenvalue weighted by Gasteiger charge is 2.33. The summed E-state index contributed by atoms with van der Waals surface area (Å²) in [6.45, 7) is 21.6. The Morgan fingerprint density at radius 2 is 0.532 bits per heavy atom. The van der Waals surface area contributed by atoms with E-state index < -0.39 is 5.97 Å². The predicted octanol–water partition coefficient (Wildman–Crippen LogP) is 14.4. The zero-order valence-electron chi connectivity index (χ0n) is 47.0. The van der Waals surface area contributed by atoms with E-state index in [-0.39, 0.29) is 95.0 Å². The van der Waals surface area contributed by atoms with Gasteiger partial charge in [0.25, 0.3) is 0 Å². The number of ether oxygens (including phenoxy) is 6. The van der Waals surface area contributed by atoms with E-state index >= 15 is 0 Å². The first kappa shape index (κ1) is 72.6. The molecule has 2 aliphatic carbocycles. The number of esters is 6. The molecule has 4 aromatic rings. The molecule has 77 heavy (non-hydrogen) atoms. The van der Waals surface area contributed by atoms with Crippen molar-refractivity contribution >= 4 is 65.8 Å². The Bertz CT molecular complexity index is 2090. The summed E-state index contributed by atoms with van der Waals surface area (Å²) in [6.07, 6.45) is 7.47. The number of carbonyl (C=O) groups is 7. The number of benzene rings is 4. The maximum atomic E-state index is 12.6. The third-order valence-corrected chi connectivity index (χ3v) is 10.8. The molecule has 16 nitrogen and oxygen atoms in total. The molecule has 0 aliphatic heterocycles. The van der Waals surface area contributed by atoms with Gasteiger partial charge in [0.15, 0.2) is 0 Å². The molecule has 2 fully saturated rings. The number of carbonyl (C=O) groups excluding carboxylic acids is 6. The molecule has 428 valence electrons. The van der Waals surface area contributed by atoms with Gasteiger partial charge in [-0.25, -0.2) is 0 Å². The van der Waals surface area contributed by atoms with E-state index in [0.717, 1.165) is 6.42 Å². The largest absolute Gasteiger partial charge is 0.508 e. The van der Waals surface area contributed by atoms with Crippen LogP contribution in [0.15, 0.2) is 97.1 Å². The Morgan fingerprint density at radius 1 is 0.351 bits per heavy atom. The normalized spacial score (nSPS) is 15.5. The van der Waals surface area contributed by atoms with Crippen LogP contribution in [0, 0.1) is 23.7 Å². The molecule has 3 N–H and O–H groups in total. The smallest absolute Gasteiger partial charge is 0.314 e. The zero-order chi connectivity index (χ0) is 57.4. The van der Waals surface area contributed by atoms with Crippen molar-refractivity contribution in [3.8, 4) is 46.0 Å². The molecule has 6 rings (SSSR count). The summed E-state index contributed by atoms with van der Waals surface area (Å²) in [7, 11) is 0. The van der Waals surface area contributed by atoms with Crippen molar-refractivity contribution in [2.45, 2.75) is 166 Å². The summed E-state index contributed by atoms with van der Waals surface area (Å²) in [4.78, 5) is 82.3. The number of rotatable bonds is 16. The van der Waals surface area contributed by atoms with Crippen molar-refractivity contribution in [3.05, 3.63) is 97.1 Å². The van der Waals surface area contributed by atoms with Crippen LogP contribution in [0.4, 0.5) is 0 Å². The number of halogens is 1. The molecule has 2 saturated carbocycles. The molecule has 0 heterocycles. The van der Waals surface area contributed by atoms with E-state index in [4.69, 9.17) is 33.5 Å². The molecule has 0 aromatic heterocycles. The van der Waals surface area contributed by atoms with Crippen molar-refractivity contribution in [2.75, 3.05) is 0 Å². The van der Waals surface area contributed by atoms with Crippen LogP contribution in [0.2, 0.25) is 0 Å². The lowest BCUT2D eigenvalue weighted by Gasteiger charge is -2.25. The monoisotopic (exact) mass is 1190 g/mol. The SMILES string of the molecule is CC.CC.CC.CC.CCCC(=O)O.CCCC(=O)Oc1ccc(OC(=O)C2CCC(C(=O)Oc3ccc(OC(=O)CCC)cc3)CC2)cc1.I.O=C(Oc1ccc(O)cc1)C1CCC(C(=O)Oc2ccc(O)cc2)CC1. The van der Waals surface area contributed by atoms with Crippen LogP contribution in [0.5, 0.6) is 46.0 Å². The first-order valence-corrected chi connectivity index (χ1v) is 26.9. The minimum atomic E-state index is -0.711. The maximum absolute atomic E-state index is 12.6. The standard InChI is InChI=1S/C28H32O8.C20H20O6.C4H8O2.4C2H6.HI/c1-3-5-25(29)33-21-11-15-23(16-12-21)35-27(31)19-7-9-20(10-8-19)28(32)36-24-17-13-22(14-18-24)34-26(30)6-4-2;21-15-5-9-17(10-6-15)25-19(23)13-1-2-14(4-3-13)20(24)26-18-11-7-16(22)8-12-18;1-2-3-4(5)6;4*1-2;/h11-20H,3-10H2,1-2H3;5-14,21-22H,1-4H2;2-3H2,1H3,(H,5,6);4*1-2H3;1H. The molecule has 0 saturated heterocycles. The Morgan fingerprint density at radius 3 is 0.701 bits per heavy atom. The molecule has 0 unspecified atom stereocenters. The van der Waals surface area contributed by atoms with Gasteiger partial charge in [-0.15, -0.1) is 24.0 Å². The van der Waals surface area contributed by atoms with Gasteiger partial charge < -0.3 is 43.7 Å². The van der Waals surface area contributed by atoms with Crippen LogP contribution in [0.25, 0.3) is 0 Å². The molecule has 0 bridgehead atoms. The van der Waals surface area contributed by atoms with Gasteiger partial charge in [-0.05, 0) is 168 Å². The highest BCUT2D eigenvalue weighted by molar-refractivity contribution is 14.0. The van der Waals surface area contributed by atoms with Gasteiger partial charge in [0.2, 0.25) is 0 Å². The fraction of sp³-hybridized carbons (Fsp3) is 0.483. The van der Waals surface area contributed by atoms with E-state index in [1.54, 1.807) is 48.5 Å². The molecule has 4 aromatic carbocycles. The van der Waals surface area contributed by atoms with Crippen molar-refractivity contribution in [3.63, 3.8) is 0 Å². The third-order valence-electron chi connectivity index (χ3n) is 10.8. The zero-order valence-corrected chi connectivity index (χ0v) is 49.3. The van der Waals surface area contributed by atoms with Gasteiger partial charge >= 0.3 is 41.8 Å². The predicted molar refractivity (Wildman–Crippen MR) is 307 cm³/mol. The van der Waals surface area contributed by atoms with E-state index in [1.165, 1.54) is 48.5 Å². The topological polar surface area (TPSA) is 236 Å². The second-order valence-electron chi connectivity index (χ2n) is 16.3. The van der Waals surface area contributed by atoms with Gasteiger partial charge in [0.05, 0.1) is 23.7 Å². The van der Waals surface area contributed by atoms with Crippen LogP contribution in [0.3, 0.4) is 0 Å². The summed E-state index contributed by atoms with van der Waals surface area (Å²) in [6, 6.07) is 24.7. The van der Waals surface area contributed by atoms with E-state index in [0.29, 0.717) is 118 Å². The average molecular weight is 1190 g/mol. The van der Waals surface area contributed by atoms with Gasteiger partial charge in [-0.1, -0.05) is 76.2 Å². The van der Waals surface area contributed by atoms with Gasteiger partial charge in [-0.3, -0.25) is 33.6 Å². The second-order valence-corrected chi connectivity index (χ2v) is 16.3. The first-order valence-electron chi connectivity index (χ1n) is 26.9. The number of carboxylic acid groups (broad SMARTS) is 1. The Kier molecular flexibility index (Phi) is 41.1. The molecule has 0 spiro atoms. The Balaban J connectivity index is 0. The second kappa shape index (κ2) is 43.6. The van der Waals surface area contributed by atoms with Crippen LogP contribution < -0.4 is 28.4 Å². The summed E-state index contributed by atoms with van der Waals surface area (Å²) in [5, 5.41) is 26.4. The van der Waals surface area contributed by atoms with Gasteiger partial charge in [0, 0.05) is 19.3 Å². The van der Waals surface area contributed by atoms with E-state index in [1.807, 2.05) is 76.2 Å². The van der Waals surface area contributed by atoms with E-state index in [9.17, 15) is 43.8 Å². The number of hydrogen-bond donors (Lipinski definition) is 3. The number of aromatic hydroxyl groups is 2. The van der Waals surface area contributed by atoms with Crippen molar-refractivity contribution in [2.24, 2.45) is 23.7 Å². The fourth-order valence-corrected chi connectivity index (χ4v) is 7.09. The highest BCUT2D eigenvalue weighted by atomic mass is 127. The molecule has 0 amide bonds. The van der Waals surface area contributed by atoms with E-state index in [2.05, 4.69) is 0 Å². The molecular weight excluding hydrogens is 1100 g/mol. The minimum Gasteiger partial charge on any atom is -0.508 e. The molecule has 0 atom stereocenters. The lowest BCUT2D eigenvalue weighted by atomic mass is 9.82. The molecular formula is C60H85IO16. The van der Waals surface area contributed by atoms with Crippen LogP contribution in [-0.2, 0) is 33.6 Å². The number of aliphatic carboxylic acids is 1. The molecule has 2 aliphatic rings. The number of phenols is 2. The number of phenolic OH excluding ortho intramolecular Hbond substituents is 2. The summed E-state index contributed by atoms with van der Waals surface area (Å²) >= 11 is 0. The maximum Gasteiger partial charge on any atom is 0.314 e. The lowest BCUT2D eigenvalue weighted by molar-refractivity contribution is -0.145. The van der Waals surface area contributed by atoms with Crippen molar-refractivity contribution in [1.29, 1.82) is 0 Å². The van der Waals surface area contributed by atoms with Crippen LogP contribution >= 0.6 is 24.0 Å². The first-order chi connectivity index (χ1) is 36.6. The Hall–Kier alpha value is -6.50. The van der Waals surface area contributed by atoms with Gasteiger partial charge in [-0.2, -0.15) is 0 Å². The summed E-state index contributed by atoms with van der Waals surface area (Å²) < 4.78 is 32.0. The van der Waals surface area contributed by atoms with Crippen molar-refractivity contribution in [1.82, 2.24) is 0 Å². The Labute approximate surface area is 473 Å². The highest BCUT2D eigenvalue weighted by Crippen LogP contribution is 2.33. The summed E-state index contributed by atoms with van der Waals surface area (Å²) in [5.74, 6) is -1.18.